The number of pyridine rings is 1. The number of benzene rings is 3. The quantitative estimate of drug-likeness (QED) is 0.0969. The first-order valence-electron chi connectivity index (χ1n) is 13.4. The van der Waals surface area contributed by atoms with Gasteiger partial charge in [0, 0.05) is 28.9 Å². The third-order valence-electron chi connectivity index (χ3n) is 6.25. The molecule has 0 bridgehead atoms. The van der Waals surface area contributed by atoms with Gasteiger partial charge in [-0.25, -0.2) is 4.39 Å². The standard InChI is InChI=1S/C32H29FN4O3S2.2ClH/c33-25-19-23(36-32(41)37-30(38)18-21-6-2-1-3-7-21)10-13-27(25)40-28-14-16-35-26-20-29(42-31(26)28)22-8-11-24(12-9-22)39-17-5-4-15-34;;/h1-3,6-14,16,19-20H,4-5,15,17-18,34H2,(H2,36,37,38,41);2*1H. The SMILES string of the molecule is Cl.Cl.NCCCCOc1ccc(-c2cc3nccc(Oc4ccc(NC(=S)NC(=O)Cc5ccccc5)cc4F)c3s2)cc1. The molecule has 2 aromatic heterocycles. The molecule has 0 saturated carbocycles. The second-order valence-corrected chi connectivity index (χ2v) is 10.9. The van der Waals surface area contributed by atoms with Gasteiger partial charge < -0.3 is 25.8 Å². The number of halogens is 3. The fraction of sp³-hybridized carbons (Fsp3) is 0.156. The average Bonchev–Trinajstić information content (AvgIpc) is 3.43. The molecule has 5 rings (SSSR count). The molecule has 0 fully saturated rings. The van der Waals surface area contributed by atoms with Crippen molar-refractivity contribution in [3.63, 3.8) is 0 Å². The van der Waals surface area contributed by atoms with Crippen molar-refractivity contribution in [1.82, 2.24) is 10.3 Å². The number of nitrogens with one attached hydrogen (secondary N) is 2. The molecule has 230 valence electrons. The highest BCUT2D eigenvalue weighted by Crippen LogP contribution is 2.40. The van der Waals surface area contributed by atoms with Crippen LogP contribution in [0.1, 0.15) is 18.4 Å². The number of fused-ring (bicyclic) bond motifs is 1. The fourth-order valence-electron chi connectivity index (χ4n) is 4.18. The predicted octanol–water partition coefficient (Wildman–Crippen LogP) is 7.91. The van der Waals surface area contributed by atoms with E-state index in [9.17, 15) is 4.79 Å². The normalized spacial score (nSPS) is 10.3. The van der Waals surface area contributed by atoms with Crippen LogP contribution in [0.3, 0.4) is 0 Å². The van der Waals surface area contributed by atoms with Gasteiger partial charge in [-0.15, -0.1) is 36.2 Å². The van der Waals surface area contributed by atoms with E-state index in [0.717, 1.165) is 44.8 Å². The molecule has 1 amide bonds. The Balaban J connectivity index is 0.00000264. The van der Waals surface area contributed by atoms with Crippen molar-refractivity contribution in [2.45, 2.75) is 19.3 Å². The number of nitrogens with zero attached hydrogens (tertiary/aromatic N) is 1. The van der Waals surface area contributed by atoms with Crippen molar-refractivity contribution in [1.29, 1.82) is 0 Å². The number of hydrogen-bond acceptors (Lipinski definition) is 7. The Labute approximate surface area is 276 Å². The Morgan fingerprint density at radius 1 is 0.955 bits per heavy atom. The number of unbranched alkanes of at least 4 members (excludes halogenated alkanes) is 1. The van der Waals surface area contributed by atoms with Gasteiger partial charge in [0.2, 0.25) is 5.91 Å². The maximum atomic E-state index is 15.0. The molecule has 0 atom stereocenters. The fourth-order valence-corrected chi connectivity index (χ4v) is 5.49. The number of rotatable bonds is 11. The Kier molecular flexibility index (Phi) is 13.3. The lowest BCUT2D eigenvalue weighted by Crippen LogP contribution is -2.35. The van der Waals surface area contributed by atoms with Gasteiger partial charge in [-0.3, -0.25) is 9.78 Å². The van der Waals surface area contributed by atoms with E-state index in [4.69, 9.17) is 27.4 Å². The molecular formula is C32H31Cl2FN4O3S2. The molecule has 44 heavy (non-hydrogen) atoms. The van der Waals surface area contributed by atoms with Crippen LogP contribution in [0.2, 0.25) is 0 Å². The van der Waals surface area contributed by atoms with Gasteiger partial charge in [-0.2, -0.15) is 0 Å². The van der Waals surface area contributed by atoms with Crippen LogP contribution < -0.4 is 25.8 Å². The van der Waals surface area contributed by atoms with Crippen LogP contribution in [-0.2, 0) is 11.2 Å². The number of anilines is 1. The van der Waals surface area contributed by atoms with E-state index in [0.29, 0.717) is 24.6 Å². The van der Waals surface area contributed by atoms with E-state index in [1.165, 1.54) is 23.5 Å². The third-order valence-corrected chi connectivity index (χ3v) is 7.64. The number of nitrogens with two attached hydrogens (primary N) is 1. The maximum absolute atomic E-state index is 15.0. The summed E-state index contributed by atoms with van der Waals surface area (Å²) in [7, 11) is 0. The second kappa shape index (κ2) is 16.9. The molecular weight excluding hydrogens is 642 g/mol. The highest BCUT2D eigenvalue weighted by atomic mass is 35.5. The van der Waals surface area contributed by atoms with Gasteiger partial charge in [-0.1, -0.05) is 30.3 Å². The zero-order valence-electron chi connectivity index (χ0n) is 23.5. The lowest BCUT2D eigenvalue weighted by molar-refractivity contribution is -0.119. The summed E-state index contributed by atoms with van der Waals surface area (Å²) in [5.74, 6) is 0.515. The molecule has 3 aromatic carbocycles. The topological polar surface area (TPSA) is 98.5 Å². The van der Waals surface area contributed by atoms with Crippen LogP contribution >= 0.6 is 48.4 Å². The minimum atomic E-state index is -0.581. The van der Waals surface area contributed by atoms with E-state index < -0.39 is 5.82 Å². The predicted molar refractivity (Wildman–Crippen MR) is 184 cm³/mol. The number of thiocarbonyl (C=S) groups is 1. The molecule has 0 aliphatic rings. The van der Waals surface area contributed by atoms with Gasteiger partial charge >= 0.3 is 0 Å². The van der Waals surface area contributed by atoms with E-state index in [-0.39, 0.29) is 48.0 Å². The summed E-state index contributed by atoms with van der Waals surface area (Å²) in [5, 5.41) is 5.54. The summed E-state index contributed by atoms with van der Waals surface area (Å²) in [4.78, 5) is 17.7. The minimum Gasteiger partial charge on any atom is -0.494 e. The van der Waals surface area contributed by atoms with Gasteiger partial charge in [0.05, 0.1) is 23.2 Å². The largest absolute Gasteiger partial charge is 0.494 e. The van der Waals surface area contributed by atoms with Crippen LogP contribution in [0, 0.1) is 5.82 Å². The zero-order valence-corrected chi connectivity index (χ0v) is 26.7. The number of carbonyl (C=O) groups is 1. The van der Waals surface area contributed by atoms with E-state index >= 15 is 4.39 Å². The van der Waals surface area contributed by atoms with Gasteiger partial charge in [-0.05, 0) is 85.2 Å². The number of thiophene rings is 1. The smallest absolute Gasteiger partial charge is 0.230 e. The number of ether oxygens (including phenoxy) is 2. The van der Waals surface area contributed by atoms with Crippen molar-refractivity contribution in [2.24, 2.45) is 5.73 Å². The van der Waals surface area contributed by atoms with Gasteiger partial charge in [0.15, 0.2) is 16.7 Å². The second-order valence-electron chi connectivity index (χ2n) is 9.41. The Hall–Kier alpha value is -3.80. The van der Waals surface area contributed by atoms with Crippen LogP contribution in [0.4, 0.5) is 10.1 Å². The Morgan fingerprint density at radius 3 is 2.45 bits per heavy atom. The summed E-state index contributed by atoms with van der Waals surface area (Å²) in [6, 6.07) is 25.3. The first-order chi connectivity index (χ1) is 20.5. The first-order valence-corrected chi connectivity index (χ1v) is 14.6. The Bertz CT molecular complexity index is 1690. The molecule has 4 N–H and O–H groups in total. The van der Waals surface area contributed by atoms with Crippen molar-refractivity contribution < 1.29 is 18.7 Å². The maximum Gasteiger partial charge on any atom is 0.230 e. The van der Waals surface area contributed by atoms with Crippen LogP contribution in [0.5, 0.6) is 17.2 Å². The van der Waals surface area contributed by atoms with E-state index in [1.54, 1.807) is 18.3 Å². The first kappa shape index (κ1) is 34.7. The van der Waals surface area contributed by atoms with Crippen molar-refractivity contribution in [2.75, 3.05) is 18.5 Å². The molecule has 0 spiro atoms. The summed E-state index contributed by atoms with van der Waals surface area (Å²) >= 11 is 6.74. The van der Waals surface area contributed by atoms with Crippen molar-refractivity contribution in [3.05, 3.63) is 103 Å². The molecule has 0 aliphatic carbocycles. The van der Waals surface area contributed by atoms with E-state index in [2.05, 4.69) is 15.6 Å². The third kappa shape index (κ3) is 9.35. The summed E-state index contributed by atoms with van der Waals surface area (Å²) in [6.45, 7) is 1.30. The molecule has 5 aromatic rings. The Morgan fingerprint density at radius 2 is 1.73 bits per heavy atom. The molecule has 7 nitrogen and oxygen atoms in total. The number of aromatic nitrogens is 1. The highest BCUT2D eigenvalue weighted by Gasteiger charge is 2.14. The molecule has 0 unspecified atom stereocenters. The van der Waals surface area contributed by atoms with Crippen molar-refractivity contribution >= 4 is 75.3 Å². The summed E-state index contributed by atoms with van der Waals surface area (Å²) in [5.41, 5.74) is 8.56. The zero-order chi connectivity index (χ0) is 29.3. The highest BCUT2D eigenvalue weighted by molar-refractivity contribution is 7.80. The molecule has 2 heterocycles. The molecule has 0 aliphatic heterocycles. The number of hydrogen-bond donors (Lipinski definition) is 3. The number of amides is 1. The van der Waals surface area contributed by atoms with Crippen LogP contribution in [0.15, 0.2) is 91.1 Å². The monoisotopic (exact) mass is 672 g/mol. The summed E-state index contributed by atoms with van der Waals surface area (Å²) in [6.07, 6.45) is 3.68. The van der Waals surface area contributed by atoms with Crippen molar-refractivity contribution in [3.8, 4) is 27.7 Å². The molecule has 0 radical (unpaired) electrons. The lowest BCUT2D eigenvalue weighted by atomic mass is 10.1. The van der Waals surface area contributed by atoms with Crippen LogP contribution in [0.25, 0.3) is 20.7 Å². The number of carbonyl (C=O) groups excluding carboxylic acids is 1. The van der Waals surface area contributed by atoms with Gasteiger partial charge in [0.25, 0.3) is 0 Å². The lowest BCUT2D eigenvalue weighted by Gasteiger charge is -2.12. The van der Waals surface area contributed by atoms with Crippen LogP contribution in [-0.4, -0.2) is 29.2 Å². The molecule has 12 heteroatoms. The minimum absolute atomic E-state index is 0. The van der Waals surface area contributed by atoms with E-state index in [1.807, 2.05) is 60.7 Å². The average molecular weight is 674 g/mol. The van der Waals surface area contributed by atoms with Gasteiger partial charge in [0.1, 0.15) is 11.5 Å². The summed E-state index contributed by atoms with van der Waals surface area (Å²) < 4.78 is 27.6. The molecule has 0 saturated heterocycles.